The van der Waals surface area contributed by atoms with Gasteiger partial charge in [-0.3, -0.25) is 19.2 Å². The van der Waals surface area contributed by atoms with Crippen molar-refractivity contribution in [3.8, 4) is 5.75 Å². The SMILES string of the molecule is CCCCOCC(C)(C)n1ncc(C2=CN(c3cc(C(=O)Nc4cc(C(C)(C)C)cc(NS(C)(=O)=O)c4OC)ccc3C)NN2)c1C. The highest BCUT2D eigenvalue weighted by molar-refractivity contribution is 7.92. The molecule has 0 saturated carbocycles. The molecule has 2 aromatic carbocycles. The van der Waals surface area contributed by atoms with Crippen LogP contribution in [-0.2, 0) is 25.7 Å². The van der Waals surface area contributed by atoms with E-state index in [4.69, 9.17) is 14.6 Å². The molecule has 3 aromatic rings. The van der Waals surface area contributed by atoms with E-state index in [-0.39, 0.29) is 28.3 Å². The summed E-state index contributed by atoms with van der Waals surface area (Å²) in [7, 11) is -2.17. The summed E-state index contributed by atoms with van der Waals surface area (Å²) in [5.74, 6) is -0.161. The third kappa shape index (κ3) is 8.45. The van der Waals surface area contributed by atoms with E-state index in [0.29, 0.717) is 17.9 Å². The minimum Gasteiger partial charge on any atom is -0.492 e. The molecule has 2 heterocycles. The Morgan fingerprint density at radius 3 is 2.40 bits per heavy atom. The Kier molecular flexibility index (Phi) is 10.6. The van der Waals surface area contributed by atoms with Gasteiger partial charge in [-0.15, -0.1) is 5.53 Å². The molecule has 0 bridgehead atoms. The van der Waals surface area contributed by atoms with Crippen LogP contribution in [0.1, 0.15) is 87.1 Å². The zero-order valence-corrected chi connectivity index (χ0v) is 30.0. The molecule has 0 aliphatic carbocycles. The number of anilines is 3. The minimum absolute atomic E-state index is 0.216. The van der Waals surface area contributed by atoms with Gasteiger partial charge in [0.2, 0.25) is 10.0 Å². The Hall–Kier alpha value is -4.07. The summed E-state index contributed by atoms with van der Waals surface area (Å²) < 4.78 is 40.3. The smallest absolute Gasteiger partial charge is 0.255 e. The van der Waals surface area contributed by atoms with Gasteiger partial charge >= 0.3 is 0 Å². The molecule has 0 spiro atoms. The van der Waals surface area contributed by atoms with Crippen LogP contribution in [0.5, 0.6) is 5.75 Å². The van der Waals surface area contributed by atoms with Gasteiger partial charge in [0.15, 0.2) is 5.75 Å². The summed E-state index contributed by atoms with van der Waals surface area (Å²) >= 11 is 0. The van der Waals surface area contributed by atoms with Crippen molar-refractivity contribution in [2.24, 2.45) is 0 Å². The predicted molar refractivity (Wildman–Crippen MR) is 188 cm³/mol. The summed E-state index contributed by atoms with van der Waals surface area (Å²) in [6, 6.07) is 8.95. The highest BCUT2D eigenvalue weighted by Crippen LogP contribution is 2.39. The lowest BCUT2D eigenvalue weighted by Crippen LogP contribution is -2.37. The molecule has 256 valence electrons. The van der Waals surface area contributed by atoms with Gasteiger partial charge in [0.1, 0.15) is 0 Å². The van der Waals surface area contributed by atoms with Crippen molar-refractivity contribution in [2.45, 2.75) is 79.2 Å². The number of aromatic nitrogens is 2. The van der Waals surface area contributed by atoms with Crippen LogP contribution in [0.25, 0.3) is 5.70 Å². The van der Waals surface area contributed by atoms with Crippen LogP contribution in [0.4, 0.5) is 17.1 Å². The fraction of sp³-hybridized carbons (Fsp3) is 0.471. The van der Waals surface area contributed by atoms with Crippen molar-refractivity contribution in [1.82, 2.24) is 20.7 Å². The van der Waals surface area contributed by atoms with Crippen molar-refractivity contribution in [2.75, 3.05) is 41.6 Å². The molecule has 4 N–H and O–H groups in total. The number of unbranched alkanes of at least 4 members (excludes halogenated alkanes) is 1. The van der Waals surface area contributed by atoms with Crippen molar-refractivity contribution in [3.05, 3.63) is 70.7 Å². The number of carbonyl (C=O) groups excluding carboxylic acids is 1. The summed E-state index contributed by atoms with van der Waals surface area (Å²) in [6.07, 6.45) is 6.97. The number of aryl methyl sites for hydroxylation is 1. The predicted octanol–water partition coefficient (Wildman–Crippen LogP) is 5.81. The molecule has 1 aliphatic heterocycles. The fourth-order valence-corrected chi connectivity index (χ4v) is 5.90. The third-order valence-electron chi connectivity index (χ3n) is 7.97. The van der Waals surface area contributed by atoms with Gasteiger partial charge in [0.25, 0.3) is 5.91 Å². The van der Waals surface area contributed by atoms with Gasteiger partial charge in [-0.2, -0.15) is 5.10 Å². The van der Waals surface area contributed by atoms with E-state index >= 15 is 0 Å². The maximum atomic E-state index is 13.7. The average Bonchev–Trinajstić information content (AvgIpc) is 3.61. The van der Waals surface area contributed by atoms with Gasteiger partial charge < -0.3 is 20.2 Å². The van der Waals surface area contributed by atoms with Gasteiger partial charge in [0.05, 0.1) is 54.5 Å². The molecule has 1 amide bonds. The minimum atomic E-state index is -3.61. The number of amides is 1. The van der Waals surface area contributed by atoms with Crippen molar-refractivity contribution >= 4 is 38.7 Å². The van der Waals surface area contributed by atoms with E-state index in [9.17, 15) is 13.2 Å². The molecule has 0 unspecified atom stereocenters. The third-order valence-corrected chi connectivity index (χ3v) is 8.56. The molecule has 13 heteroatoms. The lowest BCUT2D eigenvalue weighted by Gasteiger charge is -2.27. The van der Waals surface area contributed by atoms with E-state index in [1.807, 2.05) is 62.8 Å². The molecule has 47 heavy (non-hydrogen) atoms. The van der Waals surface area contributed by atoms with Crippen LogP contribution in [0.2, 0.25) is 0 Å². The number of methoxy groups -OCH3 is 1. The second kappa shape index (κ2) is 14.0. The normalized spacial score (nSPS) is 13.7. The van der Waals surface area contributed by atoms with Crippen LogP contribution >= 0.6 is 0 Å². The maximum absolute atomic E-state index is 13.7. The number of hydrogen-bond donors (Lipinski definition) is 4. The van der Waals surface area contributed by atoms with E-state index in [0.717, 1.165) is 59.5 Å². The highest BCUT2D eigenvalue weighted by Gasteiger charge is 2.28. The number of nitrogens with zero attached hydrogens (tertiary/aromatic N) is 3. The van der Waals surface area contributed by atoms with Crippen molar-refractivity contribution in [3.63, 3.8) is 0 Å². The Balaban J connectivity index is 1.60. The average molecular weight is 668 g/mol. The molecule has 1 aliphatic rings. The Bertz CT molecular complexity index is 1760. The van der Waals surface area contributed by atoms with Gasteiger partial charge in [0, 0.05) is 29.6 Å². The number of benzene rings is 2. The highest BCUT2D eigenvalue weighted by atomic mass is 32.2. The Morgan fingerprint density at radius 1 is 1.06 bits per heavy atom. The first-order valence-corrected chi connectivity index (χ1v) is 17.6. The number of rotatable bonds is 13. The van der Waals surface area contributed by atoms with E-state index in [2.05, 4.69) is 41.8 Å². The van der Waals surface area contributed by atoms with Crippen LogP contribution in [-0.4, -0.2) is 50.7 Å². The summed E-state index contributed by atoms with van der Waals surface area (Å²) in [5, 5.41) is 9.46. The number of hydrogen-bond acceptors (Lipinski definition) is 9. The standard InChI is InChI=1S/C34H49N7O5S/c1-11-12-15-46-21-34(7,8)41-23(3)26(19-35-41)29-20-40(39-37-29)30-16-24(14-13-22(30)2)32(42)36-27-17-25(33(4,5)6)18-28(31(27)45-9)38-47(10,43)44/h13-14,16-20,37-39H,11-12,15,21H2,1-10H3,(H,36,42). The van der Waals surface area contributed by atoms with E-state index < -0.39 is 10.0 Å². The van der Waals surface area contributed by atoms with Crippen molar-refractivity contribution < 1.29 is 22.7 Å². The summed E-state index contributed by atoms with van der Waals surface area (Å²) in [4.78, 5) is 13.7. The molecular weight excluding hydrogens is 618 g/mol. The van der Waals surface area contributed by atoms with Crippen LogP contribution in [0, 0.1) is 13.8 Å². The molecule has 4 rings (SSSR count). The molecule has 0 radical (unpaired) electrons. The first kappa shape index (κ1) is 35.8. The molecule has 12 nitrogen and oxygen atoms in total. The quantitative estimate of drug-likeness (QED) is 0.166. The van der Waals surface area contributed by atoms with Gasteiger partial charge in [-0.05, 0) is 74.9 Å². The zero-order valence-electron chi connectivity index (χ0n) is 29.2. The molecule has 1 aromatic heterocycles. The number of ether oxygens (including phenoxy) is 2. The largest absolute Gasteiger partial charge is 0.492 e. The number of sulfonamides is 1. The first-order valence-electron chi connectivity index (χ1n) is 15.7. The Labute approximate surface area is 278 Å². The first-order chi connectivity index (χ1) is 21.9. The lowest BCUT2D eigenvalue weighted by molar-refractivity contribution is 0.0586. The molecule has 0 fully saturated rings. The summed E-state index contributed by atoms with van der Waals surface area (Å²) in [5.41, 5.74) is 12.1. The zero-order chi connectivity index (χ0) is 34.7. The second-order valence-corrected chi connectivity index (χ2v) is 15.4. The monoisotopic (exact) mass is 667 g/mol. The number of hydrazine groups is 2. The van der Waals surface area contributed by atoms with Crippen LogP contribution in [0.15, 0.2) is 42.7 Å². The molecular formula is C34H49N7O5S. The Morgan fingerprint density at radius 2 is 1.77 bits per heavy atom. The topological polar surface area (TPSA) is 139 Å². The fourth-order valence-electron chi connectivity index (χ4n) is 5.35. The lowest BCUT2D eigenvalue weighted by atomic mass is 9.86. The number of nitrogens with one attached hydrogen (secondary N) is 4. The maximum Gasteiger partial charge on any atom is 0.255 e. The van der Waals surface area contributed by atoms with E-state index in [1.54, 1.807) is 24.3 Å². The van der Waals surface area contributed by atoms with Crippen molar-refractivity contribution in [1.29, 1.82) is 0 Å². The van der Waals surface area contributed by atoms with Crippen LogP contribution in [0.3, 0.4) is 0 Å². The molecule has 0 saturated heterocycles. The number of carbonyl (C=O) groups is 1. The van der Waals surface area contributed by atoms with Gasteiger partial charge in [-0.1, -0.05) is 40.2 Å². The molecule has 0 atom stereocenters. The van der Waals surface area contributed by atoms with Gasteiger partial charge in [-0.25, -0.2) is 8.42 Å². The second-order valence-electron chi connectivity index (χ2n) is 13.6. The summed E-state index contributed by atoms with van der Waals surface area (Å²) in [6.45, 7) is 17.7. The van der Waals surface area contributed by atoms with Crippen LogP contribution < -0.4 is 30.7 Å². The van der Waals surface area contributed by atoms with E-state index in [1.165, 1.54) is 7.11 Å².